The molecule has 1 amide bonds. The Kier molecular flexibility index (Phi) is 7.39. The summed E-state index contributed by atoms with van der Waals surface area (Å²) in [4.78, 5) is 16.5. The number of pyridine rings is 1. The van der Waals surface area contributed by atoms with Crippen molar-refractivity contribution in [2.75, 3.05) is 5.75 Å². The lowest BCUT2D eigenvalue weighted by atomic mass is 10.1. The van der Waals surface area contributed by atoms with Crippen molar-refractivity contribution in [2.45, 2.75) is 12.1 Å². The minimum Gasteiger partial charge on any atom is -0.272 e. The molecule has 0 unspecified atom stereocenters. The molecule has 4 aromatic rings. The first-order valence-corrected chi connectivity index (χ1v) is 11.6. The summed E-state index contributed by atoms with van der Waals surface area (Å²) in [6.07, 6.45) is 3.38. The van der Waals surface area contributed by atoms with Crippen LogP contribution >= 0.6 is 35.0 Å². The Labute approximate surface area is 204 Å². The lowest BCUT2D eigenvalue weighted by Gasteiger charge is -2.10. The number of rotatable bonds is 7. The van der Waals surface area contributed by atoms with Gasteiger partial charge in [-0.05, 0) is 61.0 Å². The minimum absolute atomic E-state index is 0.111. The standard InChI is InChI=1S/C23H18Cl2N6OS/c1-15(16-2-4-18(24)5-3-16)27-28-21(32)14-33-23-30-29-22(17-10-12-26-13-11-17)31(23)20-8-6-19(25)7-9-20/h2-13H,14H2,1H3,(H,28,32). The van der Waals surface area contributed by atoms with Crippen LogP contribution in [-0.4, -0.2) is 37.1 Å². The first-order valence-electron chi connectivity index (χ1n) is 9.85. The molecule has 7 nitrogen and oxygen atoms in total. The molecule has 0 aliphatic carbocycles. The lowest BCUT2D eigenvalue weighted by molar-refractivity contribution is -0.118. The van der Waals surface area contributed by atoms with Crippen LogP contribution in [0.5, 0.6) is 0 Å². The Balaban J connectivity index is 1.51. The predicted octanol–water partition coefficient (Wildman–Crippen LogP) is 5.27. The van der Waals surface area contributed by atoms with Crippen molar-refractivity contribution in [1.82, 2.24) is 25.2 Å². The van der Waals surface area contributed by atoms with Gasteiger partial charge < -0.3 is 0 Å². The number of nitrogens with zero attached hydrogens (tertiary/aromatic N) is 5. The van der Waals surface area contributed by atoms with Gasteiger partial charge in [-0.15, -0.1) is 10.2 Å². The fourth-order valence-electron chi connectivity index (χ4n) is 2.94. The van der Waals surface area contributed by atoms with Crippen LogP contribution in [0.1, 0.15) is 12.5 Å². The number of carbonyl (C=O) groups excluding carboxylic acids is 1. The molecule has 0 bridgehead atoms. The molecule has 2 heterocycles. The summed E-state index contributed by atoms with van der Waals surface area (Å²) in [6, 6.07) is 18.3. The minimum atomic E-state index is -0.260. The maximum Gasteiger partial charge on any atom is 0.250 e. The second-order valence-electron chi connectivity index (χ2n) is 6.88. The lowest BCUT2D eigenvalue weighted by Crippen LogP contribution is -2.21. The Morgan fingerprint density at radius 2 is 1.61 bits per heavy atom. The molecule has 0 atom stereocenters. The molecule has 0 fully saturated rings. The van der Waals surface area contributed by atoms with Crippen LogP contribution in [0.3, 0.4) is 0 Å². The van der Waals surface area contributed by atoms with Crippen molar-refractivity contribution in [1.29, 1.82) is 0 Å². The van der Waals surface area contributed by atoms with E-state index in [2.05, 4.69) is 25.7 Å². The summed E-state index contributed by atoms with van der Waals surface area (Å²) in [5.41, 5.74) is 5.81. The molecular formula is C23H18Cl2N6OS. The van der Waals surface area contributed by atoms with Crippen LogP contribution in [0.4, 0.5) is 0 Å². The molecule has 0 saturated carbocycles. The van der Waals surface area contributed by atoms with Gasteiger partial charge in [0, 0.05) is 33.7 Å². The number of carbonyl (C=O) groups is 1. The maximum atomic E-state index is 12.4. The summed E-state index contributed by atoms with van der Waals surface area (Å²) < 4.78 is 1.88. The fraction of sp³-hybridized carbons (Fsp3) is 0.0870. The quantitative estimate of drug-likeness (QED) is 0.214. The third-order valence-electron chi connectivity index (χ3n) is 4.60. The number of hydrogen-bond acceptors (Lipinski definition) is 6. The van der Waals surface area contributed by atoms with Gasteiger partial charge in [0.25, 0.3) is 5.91 Å². The molecule has 4 rings (SSSR count). The summed E-state index contributed by atoms with van der Waals surface area (Å²) >= 11 is 13.2. The van der Waals surface area contributed by atoms with Crippen LogP contribution in [0.15, 0.2) is 83.3 Å². The van der Waals surface area contributed by atoms with E-state index in [0.717, 1.165) is 16.8 Å². The van der Waals surface area contributed by atoms with E-state index in [1.165, 1.54) is 11.8 Å². The average molecular weight is 497 g/mol. The molecule has 1 N–H and O–H groups in total. The molecule has 0 radical (unpaired) electrons. The van der Waals surface area contributed by atoms with Crippen molar-refractivity contribution in [3.63, 3.8) is 0 Å². The highest BCUT2D eigenvalue weighted by Crippen LogP contribution is 2.28. The SMILES string of the molecule is CC(=NNC(=O)CSc1nnc(-c2ccncc2)n1-c1ccc(Cl)cc1)c1ccc(Cl)cc1. The molecule has 0 aliphatic heterocycles. The molecule has 2 aromatic carbocycles. The number of halogens is 2. The van der Waals surface area contributed by atoms with Crippen LogP contribution in [0.25, 0.3) is 17.1 Å². The molecule has 0 aliphatic rings. The molecule has 166 valence electrons. The van der Waals surface area contributed by atoms with E-state index in [1.807, 2.05) is 47.9 Å². The molecule has 2 aromatic heterocycles. The fourth-order valence-corrected chi connectivity index (χ4v) is 3.93. The van der Waals surface area contributed by atoms with Crippen molar-refractivity contribution < 1.29 is 4.79 Å². The van der Waals surface area contributed by atoms with Crippen LogP contribution in [0.2, 0.25) is 10.0 Å². The molecule has 33 heavy (non-hydrogen) atoms. The van der Waals surface area contributed by atoms with Gasteiger partial charge in [0.2, 0.25) is 0 Å². The Morgan fingerprint density at radius 3 is 2.27 bits per heavy atom. The molecular weight excluding hydrogens is 479 g/mol. The van der Waals surface area contributed by atoms with Crippen molar-refractivity contribution in [3.8, 4) is 17.1 Å². The Bertz CT molecular complexity index is 1270. The van der Waals surface area contributed by atoms with E-state index in [4.69, 9.17) is 23.2 Å². The largest absolute Gasteiger partial charge is 0.272 e. The van der Waals surface area contributed by atoms with Crippen LogP contribution in [-0.2, 0) is 4.79 Å². The molecule has 10 heteroatoms. The molecule has 0 spiro atoms. The average Bonchev–Trinajstić information content (AvgIpc) is 3.26. The van der Waals surface area contributed by atoms with Gasteiger partial charge in [-0.3, -0.25) is 14.3 Å². The Morgan fingerprint density at radius 1 is 0.970 bits per heavy atom. The second-order valence-corrected chi connectivity index (χ2v) is 8.70. The van der Waals surface area contributed by atoms with Gasteiger partial charge in [0.1, 0.15) is 0 Å². The number of nitrogens with one attached hydrogen (secondary N) is 1. The van der Waals surface area contributed by atoms with E-state index >= 15 is 0 Å². The van der Waals surface area contributed by atoms with Crippen molar-refractivity contribution in [2.24, 2.45) is 5.10 Å². The van der Waals surface area contributed by atoms with Gasteiger partial charge in [-0.1, -0.05) is 47.1 Å². The Hall–Kier alpha value is -3.20. The number of aromatic nitrogens is 4. The first-order chi connectivity index (χ1) is 16.0. The number of hydrogen-bond donors (Lipinski definition) is 1. The highest BCUT2D eigenvalue weighted by atomic mass is 35.5. The van der Waals surface area contributed by atoms with E-state index in [1.54, 1.807) is 36.7 Å². The van der Waals surface area contributed by atoms with E-state index in [-0.39, 0.29) is 11.7 Å². The smallest absolute Gasteiger partial charge is 0.250 e. The zero-order valence-corrected chi connectivity index (χ0v) is 19.8. The van der Waals surface area contributed by atoms with Gasteiger partial charge in [-0.25, -0.2) is 5.43 Å². The third-order valence-corrected chi connectivity index (χ3v) is 6.03. The van der Waals surface area contributed by atoms with Gasteiger partial charge >= 0.3 is 0 Å². The van der Waals surface area contributed by atoms with E-state index in [0.29, 0.717) is 26.7 Å². The van der Waals surface area contributed by atoms with Crippen molar-refractivity contribution >= 4 is 46.6 Å². The summed E-state index contributed by atoms with van der Waals surface area (Å²) in [7, 11) is 0. The van der Waals surface area contributed by atoms with E-state index in [9.17, 15) is 4.79 Å². The predicted molar refractivity (Wildman–Crippen MR) is 132 cm³/mol. The second kappa shape index (κ2) is 10.6. The maximum absolute atomic E-state index is 12.4. The summed E-state index contributed by atoms with van der Waals surface area (Å²) in [6.45, 7) is 1.81. The summed E-state index contributed by atoms with van der Waals surface area (Å²) in [5.74, 6) is 0.489. The van der Waals surface area contributed by atoms with Crippen LogP contribution in [0, 0.1) is 0 Å². The highest BCUT2D eigenvalue weighted by Gasteiger charge is 2.17. The topological polar surface area (TPSA) is 85.1 Å². The number of benzene rings is 2. The third kappa shape index (κ3) is 5.78. The highest BCUT2D eigenvalue weighted by molar-refractivity contribution is 7.99. The van der Waals surface area contributed by atoms with E-state index < -0.39 is 0 Å². The number of hydrazone groups is 1. The normalized spacial score (nSPS) is 11.4. The zero-order chi connectivity index (χ0) is 23.2. The van der Waals surface area contributed by atoms with Crippen LogP contribution < -0.4 is 5.43 Å². The number of amides is 1. The van der Waals surface area contributed by atoms with Gasteiger partial charge in [0.15, 0.2) is 11.0 Å². The first kappa shape index (κ1) is 23.0. The zero-order valence-electron chi connectivity index (χ0n) is 17.4. The summed E-state index contributed by atoms with van der Waals surface area (Å²) in [5, 5.41) is 14.7. The van der Waals surface area contributed by atoms with Gasteiger partial charge in [0.05, 0.1) is 11.5 Å². The van der Waals surface area contributed by atoms with Crippen molar-refractivity contribution in [3.05, 3.63) is 88.7 Å². The van der Waals surface area contributed by atoms with Gasteiger partial charge in [-0.2, -0.15) is 5.10 Å². The number of thioether (sulfide) groups is 1. The molecule has 0 saturated heterocycles. The monoisotopic (exact) mass is 496 g/mol.